The van der Waals surface area contributed by atoms with Crippen LogP contribution < -0.4 is 0 Å². The molecule has 3 nitrogen and oxygen atoms in total. The highest BCUT2D eigenvalue weighted by molar-refractivity contribution is 6.36. The Morgan fingerprint density at radius 2 is 2.29 bits per heavy atom. The summed E-state index contributed by atoms with van der Waals surface area (Å²) in [5.41, 5.74) is 0.539. The lowest BCUT2D eigenvalue weighted by Crippen LogP contribution is -1.90. The number of carboxylic acid groups (broad SMARTS) is 1. The van der Waals surface area contributed by atoms with Gasteiger partial charge >= 0.3 is 5.97 Å². The molecule has 0 aromatic carbocycles. The number of rotatable bonds is 3. The zero-order chi connectivity index (χ0) is 10.6. The Kier molecular flexibility index (Phi) is 3.92. The van der Waals surface area contributed by atoms with E-state index in [1.54, 1.807) is 12.1 Å². The number of halogens is 2. The smallest absolute Gasteiger partial charge is 0.307 e. The van der Waals surface area contributed by atoms with Crippen LogP contribution in [-0.4, -0.2) is 16.1 Å². The van der Waals surface area contributed by atoms with Crippen LogP contribution >= 0.6 is 23.2 Å². The van der Waals surface area contributed by atoms with Gasteiger partial charge in [-0.1, -0.05) is 35.4 Å². The quantitative estimate of drug-likeness (QED) is 0.815. The van der Waals surface area contributed by atoms with Crippen LogP contribution in [0.3, 0.4) is 0 Å². The Bertz CT molecular complexity index is 357. The maximum Gasteiger partial charge on any atom is 0.307 e. The lowest BCUT2D eigenvalue weighted by atomic mass is 10.2. The van der Waals surface area contributed by atoms with Gasteiger partial charge in [-0.25, -0.2) is 4.98 Å². The maximum absolute atomic E-state index is 10.2. The van der Waals surface area contributed by atoms with E-state index in [1.165, 1.54) is 12.3 Å². The lowest BCUT2D eigenvalue weighted by molar-refractivity contribution is -0.135. The second-order valence-electron chi connectivity index (χ2n) is 2.50. The molecular formula is C9H7Cl2NO2. The molecule has 1 aromatic heterocycles. The van der Waals surface area contributed by atoms with Gasteiger partial charge in [-0.05, 0) is 6.07 Å². The first-order valence-electron chi connectivity index (χ1n) is 3.79. The van der Waals surface area contributed by atoms with Crippen molar-refractivity contribution in [3.8, 4) is 0 Å². The summed E-state index contributed by atoms with van der Waals surface area (Å²) in [5, 5.41) is 9.11. The first kappa shape index (κ1) is 11.0. The second kappa shape index (κ2) is 4.98. The summed E-state index contributed by atoms with van der Waals surface area (Å²) < 4.78 is 0. The lowest BCUT2D eigenvalue weighted by Gasteiger charge is -1.98. The molecule has 0 unspecified atom stereocenters. The topological polar surface area (TPSA) is 50.2 Å². The highest BCUT2D eigenvalue weighted by atomic mass is 35.5. The molecule has 1 heterocycles. The van der Waals surface area contributed by atoms with Gasteiger partial charge in [-0.2, -0.15) is 0 Å². The predicted octanol–water partition coefficient (Wildman–Crippen LogP) is 2.88. The average molecular weight is 232 g/mol. The van der Waals surface area contributed by atoms with Crippen molar-refractivity contribution in [2.45, 2.75) is 6.42 Å². The van der Waals surface area contributed by atoms with E-state index < -0.39 is 5.97 Å². The maximum atomic E-state index is 10.2. The van der Waals surface area contributed by atoms with E-state index in [0.29, 0.717) is 10.6 Å². The van der Waals surface area contributed by atoms with E-state index >= 15 is 0 Å². The SMILES string of the molecule is O=C(O)CC=Cc1c(Cl)ccnc1Cl. The van der Waals surface area contributed by atoms with E-state index in [9.17, 15) is 4.79 Å². The molecule has 0 saturated heterocycles. The summed E-state index contributed by atoms with van der Waals surface area (Å²) in [6.45, 7) is 0. The number of nitrogens with zero attached hydrogens (tertiary/aromatic N) is 1. The van der Waals surface area contributed by atoms with Crippen LogP contribution in [0.25, 0.3) is 6.08 Å². The fraction of sp³-hybridized carbons (Fsp3) is 0.111. The molecule has 1 N–H and O–H groups in total. The summed E-state index contributed by atoms with van der Waals surface area (Å²) in [6, 6.07) is 1.59. The molecule has 0 spiro atoms. The molecule has 0 saturated carbocycles. The molecule has 1 aromatic rings. The molecule has 14 heavy (non-hydrogen) atoms. The number of carboxylic acids is 1. The van der Waals surface area contributed by atoms with Gasteiger partial charge in [0.15, 0.2) is 0 Å². The van der Waals surface area contributed by atoms with Crippen molar-refractivity contribution in [2.24, 2.45) is 0 Å². The molecule has 0 amide bonds. The monoisotopic (exact) mass is 231 g/mol. The third-order valence-corrected chi connectivity index (χ3v) is 2.10. The third kappa shape index (κ3) is 3.01. The standard InChI is InChI=1S/C9H7Cl2NO2/c10-7-4-5-12-9(11)6(7)2-1-3-8(13)14/h1-2,4-5H,3H2,(H,13,14). The van der Waals surface area contributed by atoms with E-state index in [-0.39, 0.29) is 11.6 Å². The molecule has 74 valence electrons. The van der Waals surface area contributed by atoms with Gasteiger partial charge in [0.05, 0.1) is 11.4 Å². The number of aliphatic carboxylic acids is 1. The van der Waals surface area contributed by atoms with Gasteiger partial charge in [0.2, 0.25) is 0 Å². The van der Waals surface area contributed by atoms with Gasteiger partial charge < -0.3 is 5.11 Å². The van der Waals surface area contributed by atoms with Crippen molar-refractivity contribution in [1.82, 2.24) is 4.98 Å². The molecule has 5 heteroatoms. The Balaban J connectivity index is 2.85. The number of carbonyl (C=O) groups is 1. The Morgan fingerprint density at radius 1 is 1.57 bits per heavy atom. The molecule has 0 atom stereocenters. The molecule has 0 fully saturated rings. The van der Waals surface area contributed by atoms with Gasteiger partial charge in [0.25, 0.3) is 0 Å². The fourth-order valence-corrected chi connectivity index (χ4v) is 1.33. The Morgan fingerprint density at radius 3 is 2.86 bits per heavy atom. The van der Waals surface area contributed by atoms with Gasteiger partial charge in [-0.3, -0.25) is 4.79 Å². The van der Waals surface area contributed by atoms with Crippen molar-refractivity contribution in [1.29, 1.82) is 0 Å². The van der Waals surface area contributed by atoms with E-state index in [0.717, 1.165) is 0 Å². The second-order valence-corrected chi connectivity index (χ2v) is 3.26. The zero-order valence-corrected chi connectivity index (χ0v) is 8.59. The molecular weight excluding hydrogens is 225 g/mol. The predicted molar refractivity (Wildman–Crippen MR) is 55.5 cm³/mol. The third-order valence-electron chi connectivity index (χ3n) is 1.47. The van der Waals surface area contributed by atoms with Crippen LogP contribution in [0.1, 0.15) is 12.0 Å². The average Bonchev–Trinajstić information content (AvgIpc) is 2.09. The number of aromatic nitrogens is 1. The minimum Gasteiger partial charge on any atom is -0.481 e. The zero-order valence-electron chi connectivity index (χ0n) is 7.08. The van der Waals surface area contributed by atoms with Crippen LogP contribution in [0.4, 0.5) is 0 Å². The molecule has 0 bridgehead atoms. The Labute approximate surface area is 91.0 Å². The van der Waals surface area contributed by atoms with E-state index in [2.05, 4.69) is 4.98 Å². The highest BCUT2D eigenvalue weighted by Crippen LogP contribution is 2.23. The van der Waals surface area contributed by atoms with Crippen LogP contribution in [0.2, 0.25) is 10.2 Å². The molecule has 1 rings (SSSR count). The summed E-state index contributed by atoms with van der Waals surface area (Å²) >= 11 is 11.6. The first-order chi connectivity index (χ1) is 6.61. The van der Waals surface area contributed by atoms with Gasteiger partial charge in [-0.15, -0.1) is 0 Å². The van der Waals surface area contributed by atoms with E-state index in [1.807, 2.05) is 0 Å². The molecule has 0 aliphatic rings. The van der Waals surface area contributed by atoms with Crippen LogP contribution in [0.15, 0.2) is 18.3 Å². The van der Waals surface area contributed by atoms with Crippen molar-refractivity contribution < 1.29 is 9.90 Å². The molecule has 0 aliphatic heterocycles. The largest absolute Gasteiger partial charge is 0.481 e. The normalized spacial score (nSPS) is 10.7. The summed E-state index contributed by atoms with van der Waals surface area (Å²) in [4.78, 5) is 14.0. The van der Waals surface area contributed by atoms with E-state index in [4.69, 9.17) is 28.3 Å². The van der Waals surface area contributed by atoms with Crippen molar-refractivity contribution in [3.05, 3.63) is 34.1 Å². The fourth-order valence-electron chi connectivity index (χ4n) is 0.852. The van der Waals surface area contributed by atoms with Crippen LogP contribution in [0, 0.1) is 0 Å². The van der Waals surface area contributed by atoms with Crippen molar-refractivity contribution in [3.63, 3.8) is 0 Å². The first-order valence-corrected chi connectivity index (χ1v) is 4.55. The molecule has 0 radical (unpaired) electrons. The van der Waals surface area contributed by atoms with Crippen LogP contribution in [0.5, 0.6) is 0 Å². The Hall–Kier alpha value is -1.06. The number of pyridine rings is 1. The van der Waals surface area contributed by atoms with Crippen LogP contribution in [-0.2, 0) is 4.79 Å². The number of hydrogen-bond donors (Lipinski definition) is 1. The summed E-state index contributed by atoms with van der Waals surface area (Å²) in [6.07, 6.45) is 4.43. The van der Waals surface area contributed by atoms with Gasteiger partial charge in [0.1, 0.15) is 5.15 Å². The summed E-state index contributed by atoms with van der Waals surface area (Å²) in [7, 11) is 0. The number of hydrogen-bond acceptors (Lipinski definition) is 2. The molecule has 0 aliphatic carbocycles. The summed E-state index contributed by atoms with van der Waals surface area (Å²) in [5.74, 6) is -0.905. The minimum absolute atomic E-state index is 0.0679. The van der Waals surface area contributed by atoms with Crippen molar-refractivity contribution >= 4 is 35.2 Å². The highest BCUT2D eigenvalue weighted by Gasteiger charge is 2.02. The van der Waals surface area contributed by atoms with Crippen molar-refractivity contribution in [2.75, 3.05) is 0 Å². The van der Waals surface area contributed by atoms with Gasteiger partial charge in [0, 0.05) is 11.8 Å². The minimum atomic E-state index is -0.905.